The van der Waals surface area contributed by atoms with Crippen molar-refractivity contribution in [2.45, 2.75) is 6.42 Å². The van der Waals surface area contributed by atoms with Gasteiger partial charge in [-0.3, -0.25) is 4.79 Å². The van der Waals surface area contributed by atoms with Crippen LogP contribution in [0.15, 0.2) is 24.3 Å². The first-order valence-electron chi connectivity index (χ1n) is 4.83. The molecule has 1 fully saturated rings. The van der Waals surface area contributed by atoms with Crippen LogP contribution in [-0.4, -0.2) is 12.5 Å². The Labute approximate surface area is 88.9 Å². The molecule has 1 aromatic carbocycles. The van der Waals surface area contributed by atoms with Crippen molar-refractivity contribution in [3.8, 4) is 12.3 Å². The fourth-order valence-electron chi connectivity index (χ4n) is 1.72. The van der Waals surface area contributed by atoms with Gasteiger partial charge in [-0.1, -0.05) is 0 Å². The fraction of sp³-hybridized carbons (Fsp3) is 0.250. The minimum atomic E-state index is 0.0371. The second kappa shape index (κ2) is 3.66. The lowest BCUT2D eigenvalue weighted by Crippen LogP contribution is -2.24. The molecule has 0 bridgehead atoms. The molecule has 76 valence electrons. The normalized spacial score (nSPS) is 20.3. The van der Waals surface area contributed by atoms with E-state index < -0.39 is 0 Å². The van der Waals surface area contributed by atoms with Crippen LogP contribution in [0.25, 0.3) is 0 Å². The van der Waals surface area contributed by atoms with Crippen molar-refractivity contribution < 1.29 is 4.79 Å². The molecule has 1 heterocycles. The summed E-state index contributed by atoms with van der Waals surface area (Å²) in [6, 6.07) is 7.25. The number of carbonyl (C=O) groups excluding carboxylic acids is 1. The van der Waals surface area contributed by atoms with Gasteiger partial charge in [0.25, 0.3) is 0 Å². The van der Waals surface area contributed by atoms with E-state index in [1.54, 1.807) is 17.0 Å². The Morgan fingerprint density at radius 3 is 2.60 bits per heavy atom. The molecule has 1 aliphatic heterocycles. The van der Waals surface area contributed by atoms with Gasteiger partial charge < -0.3 is 10.6 Å². The lowest BCUT2D eigenvalue weighted by Gasteiger charge is -2.15. The number of nitrogens with zero attached hydrogens (tertiary/aromatic N) is 1. The van der Waals surface area contributed by atoms with Gasteiger partial charge in [-0.05, 0) is 24.3 Å². The molecule has 1 saturated heterocycles. The number of anilines is 2. The highest BCUT2D eigenvalue weighted by Crippen LogP contribution is 2.25. The number of hydrogen-bond acceptors (Lipinski definition) is 2. The Morgan fingerprint density at radius 1 is 1.40 bits per heavy atom. The quantitative estimate of drug-likeness (QED) is 0.548. The third kappa shape index (κ3) is 1.79. The largest absolute Gasteiger partial charge is 0.399 e. The van der Waals surface area contributed by atoms with Gasteiger partial charge in [0.05, 0.1) is 0 Å². The third-order valence-corrected chi connectivity index (χ3v) is 2.57. The van der Waals surface area contributed by atoms with Gasteiger partial charge in [-0.15, -0.1) is 12.3 Å². The van der Waals surface area contributed by atoms with E-state index in [-0.39, 0.29) is 11.8 Å². The highest BCUT2D eigenvalue weighted by atomic mass is 16.2. The van der Waals surface area contributed by atoms with E-state index in [2.05, 4.69) is 5.92 Å². The fourth-order valence-corrected chi connectivity index (χ4v) is 1.72. The second-order valence-electron chi connectivity index (χ2n) is 3.66. The summed E-state index contributed by atoms with van der Waals surface area (Å²) in [5, 5.41) is 0. The number of nitrogens with two attached hydrogens (primary N) is 1. The Balaban J connectivity index is 2.22. The predicted molar refractivity (Wildman–Crippen MR) is 60.1 cm³/mol. The lowest BCUT2D eigenvalue weighted by atomic mass is 10.1. The van der Waals surface area contributed by atoms with Gasteiger partial charge in [0.1, 0.15) is 0 Å². The van der Waals surface area contributed by atoms with Gasteiger partial charge in [-0.25, -0.2) is 0 Å². The van der Waals surface area contributed by atoms with Crippen LogP contribution < -0.4 is 10.6 Å². The summed E-state index contributed by atoms with van der Waals surface area (Å²) in [7, 11) is 0. The second-order valence-corrected chi connectivity index (χ2v) is 3.66. The van der Waals surface area contributed by atoms with Gasteiger partial charge in [-0.2, -0.15) is 0 Å². The predicted octanol–water partition coefficient (Wildman–Crippen LogP) is 1.25. The van der Waals surface area contributed by atoms with Gasteiger partial charge in [0.15, 0.2) is 0 Å². The molecule has 3 heteroatoms. The summed E-state index contributed by atoms with van der Waals surface area (Å²) in [5.74, 6) is 2.74. The summed E-state index contributed by atoms with van der Waals surface area (Å²) in [4.78, 5) is 13.3. The van der Waals surface area contributed by atoms with Crippen LogP contribution >= 0.6 is 0 Å². The number of hydrogen-bond donors (Lipinski definition) is 1. The molecular weight excluding hydrogens is 188 g/mol. The highest BCUT2D eigenvalue weighted by molar-refractivity contribution is 5.96. The molecule has 1 aliphatic rings. The Morgan fingerprint density at radius 2 is 2.07 bits per heavy atom. The Hall–Kier alpha value is -1.95. The average Bonchev–Trinajstić information content (AvgIpc) is 2.61. The minimum Gasteiger partial charge on any atom is -0.399 e. The molecule has 3 nitrogen and oxygen atoms in total. The van der Waals surface area contributed by atoms with Crippen molar-refractivity contribution in [1.82, 2.24) is 0 Å². The zero-order chi connectivity index (χ0) is 10.8. The molecule has 1 atom stereocenters. The monoisotopic (exact) mass is 200 g/mol. The van der Waals surface area contributed by atoms with Crippen molar-refractivity contribution in [3.63, 3.8) is 0 Å². The molecule has 1 aromatic rings. The summed E-state index contributed by atoms with van der Waals surface area (Å²) in [5.41, 5.74) is 7.14. The molecule has 0 aliphatic carbocycles. The smallest absolute Gasteiger partial charge is 0.228 e. The van der Waals surface area contributed by atoms with Crippen LogP contribution in [0.2, 0.25) is 0 Å². The number of terminal acetylenes is 1. The molecule has 1 unspecified atom stereocenters. The van der Waals surface area contributed by atoms with Crippen LogP contribution in [0.5, 0.6) is 0 Å². The van der Waals surface area contributed by atoms with E-state index in [1.165, 1.54) is 0 Å². The summed E-state index contributed by atoms with van der Waals surface area (Å²) < 4.78 is 0. The maximum absolute atomic E-state index is 11.6. The Kier molecular flexibility index (Phi) is 2.34. The average molecular weight is 200 g/mol. The van der Waals surface area contributed by atoms with Crippen molar-refractivity contribution in [3.05, 3.63) is 24.3 Å². The summed E-state index contributed by atoms with van der Waals surface area (Å²) >= 11 is 0. The SMILES string of the molecule is C#CC1CC(=O)N(c2ccc(N)cc2)C1. The highest BCUT2D eigenvalue weighted by Gasteiger charge is 2.28. The van der Waals surface area contributed by atoms with Gasteiger partial charge in [0.2, 0.25) is 5.91 Å². The van der Waals surface area contributed by atoms with E-state index >= 15 is 0 Å². The molecule has 2 N–H and O–H groups in total. The molecule has 1 amide bonds. The van der Waals surface area contributed by atoms with Crippen LogP contribution in [0.1, 0.15) is 6.42 Å². The van der Waals surface area contributed by atoms with E-state index in [4.69, 9.17) is 12.2 Å². The van der Waals surface area contributed by atoms with Crippen molar-refractivity contribution >= 4 is 17.3 Å². The van der Waals surface area contributed by atoms with Gasteiger partial charge >= 0.3 is 0 Å². The number of nitrogen functional groups attached to an aromatic ring is 1. The maximum atomic E-state index is 11.6. The first-order chi connectivity index (χ1) is 7.20. The van der Waals surface area contributed by atoms with Crippen molar-refractivity contribution in [2.75, 3.05) is 17.2 Å². The van der Waals surface area contributed by atoms with E-state index in [9.17, 15) is 4.79 Å². The molecule has 15 heavy (non-hydrogen) atoms. The van der Waals surface area contributed by atoms with Crippen LogP contribution in [0, 0.1) is 18.3 Å². The van der Waals surface area contributed by atoms with E-state index in [1.807, 2.05) is 12.1 Å². The summed E-state index contributed by atoms with van der Waals surface area (Å²) in [6.45, 7) is 0.610. The van der Waals surface area contributed by atoms with Gasteiger partial charge in [0, 0.05) is 30.3 Å². The zero-order valence-electron chi connectivity index (χ0n) is 8.31. The standard InChI is InChI=1S/C12H12N2O/c1-2-9-7-12(15)14(8-9)11-5-3-10(13)4-6-11/h1,3-6,9H,7-8,13H2. The molecule has 0 aromatic heterocycles. The van der Waals surface area contributed by atoms with E-state index in [0.717, 1.165) is 5.69 Å². The first kappa shape index (κ1) is 9.60. The molecule has 0 spiro atoms. The lowest BCUT2D eigenvalue weighted by molar-refractivity contribution is -0.117. The molecule has 0 saturated carbocycles. The van der Waals surface area contributed by atoms with Crippen LogP contribution in [0.3, 0.4) is 0 Å². The van der Waals surface area contributed by atoms with E-state index in [0.29, 0.717) is 18.7 Å². The molecule has 0 radical (unpaired) electrons. The topological polar surface area (TPSA) is 46.3 Å². The number of rotatable bonds is 1. The van der Waals surface area contributed by atoms with Crippen LogP contribution in [0.4, 0.5) is 11.4 Å². The summed E-state index contributed by atoms with van der Waals surface area (Å²) in [6.07, 6.45) is 5.76. The number of carbonyl (C=O) groups is 1. The van der Waals surface area contributed by atoms with Crippen LogP contribution in [-0.2, 0) is 4.79 Å². The third-order valence-electron chi connectivity index (χ3n) is 2.57. The zero-order valence-corrected chi connectivity index (χ0v) is 8.31. The number of amides is 1. The van der Waals surface area contributed by atoms with Crippen molar-refractivity contribution in [1.29, 1.82) is 0 Å². The first-order valence-corrected chi connectivity index (χ1v) is 4.83. The molecule has 2 rings (SSSR count). The minimum absolute atomic E-state index is 0.0371. The van der Waals surface area contributed by atoms with Crippen molar-refractivity contribution in [2.24, 2.45) is 5.92 Å². The molecular formula is C12H12N2O. The maximum Gasteiger partial charge on any atom is 0.228 e. The Bertz CT molecular complexity index is 416. The number of benzene rings is 1.